The molecule has 3 aromatic rings. The first-order chi connectivity index (χ1) is 9.65. The number of carboxylic acids is 1. The quantitative estimate of drug-likeness (QED) is 0.588. The monoisotopic (exact) mass is 304 g/mol. The zero-order chi connectivity index (χ0) is 14.1. The summed E-state index contributed by atoms with van der Waals surface area (Å²) in [6.07, 6.45) is 0. The molecule has 0 spiro atoms. The van der Waals surface area contributed by atoms with Crippen LogP contribution in [0.25, 0.3) is 21.2 Å². The van der Waals surface area contributed by atoms with Gasteiger partial charge in [-0.15, -0.1) is 11.3 Å². The number of hydrogen-bond donors (Lipinski definition) is 0. The van der Waals surface area contributed by atoms with Gasteiger partial charge in [-0.3, -0.25) is 4.79 Å². The van der Waals surface area contributed by atoms with E-state index in [-0.39, 0.29) is 39.9 Å². The van der Waals surface area contributed by atoms with Crippen molar-refractivity contribution in [1.82, 2.24) is 0 Å². The van der Waals surface area contributed by atoms with Gasteiger partial charge in [0, 0.05) is 16.2 Å². The number of fused-ring (bicyclic) bond motifs is 1. The third kappa shape index (κ3) is 3.24. The molecule has 0 saturated carbocycles. The molecular formula is C16H9NaO3S. The van der Waals surface area contributed by atoms with Gasteiger partial charge in [-0.25, -0.2) is 0 Å². The number of carbonyl (C=O) groups is 1. The Hall–Kier alpha value is -1.46. The van der Waals surface area contributed by atoms with E-state index in [1.54, 1.807) is 12.1 Å². The van der Waals surface area contributed by atoms with Crippen molar-refractivity contribution in [3.8, 4) is 11.1 Å². The third-order valence-electron chi connectivity index (χ3n) is 3.04. The molecule has 0 atom stereocenters. The van der Waals surface area contributed by atoms with Gasteiger partial charge in [0.1, 0.15) is 0 Å². The maximum Gasteiger partial charge on any atom is 1.00 e. The van der Waals surface area contributed by atoms with Gasteiger partial charge in [0.2, 0.25) is 0 Å². The van der Waals surface area contributed by atoms with Gasteiger partial charge < -0.3 is 9.90 Å². The maximum absolute atomic E-state index is 12.0. The molecule has 1 heterocycles. The minimum Gasteiger partial charge on any atom is -0.544 e. The molecule has 0 saturated heterocycles. The van der Waals surface area contributed by atoms with Gasteiger partial charge in [0.25, 0.3) is 0 Å². The van der Waals surface area contributed by atoms with Crippen LogP contribution in [-0.4, -0.2) is 5.97 Å². The fourth-order valence-electron chi connectivity index (χ4n) is 2.07. The summed E-state index contributed by atoms with van der Waals surface area (Å²) in [5.74, 6) is -1.32. The zero-order valence-electron chi connectivity index (χ0n) is 11.3. The molecule has 0 unspecified atom stereocenters. The van der Waals surface area contributed by atoms with Crippen molar-refractivity contribution in [3.63, 3.8) is 0 Å². The van der Waals surface area contributed by atoms with Gasteiger partial charge in [-0.1, -0.05) is 36.4 Å². The summed E-state index contributed by atoms with van der Waals surface area (Å²) in [7, 11) is 0. The summed E-state index contributed by atoms with van der Waals surface area (Å²) >= 11 is 1.05. The number of rotatable bonds is 2. The van der Waals surface area contributed by atoms with Crippen molar-refractivity contribution in [2.75, 3.05) is 0 Å². The largest absolute Gasteiger partial charge is 1.00 e. The van der Waals surface area contributed by atoms with Crippen molar-refractivity contribution in [2.45, 2.75) is 0 Å². The predicted molar refractivity (Wildman–Crippen MR) is 77.9 cm³/mol. The molecule has 0 amide bonds. The number of carbonyl (C=O) groups excluding carboxylic acids is 1. The van der Waals surface area contributed by atoms with E-state index in [9.17, 15) is 14.7 Å². The second-order valence-corrected chi connectivity index (χ2v) is 5.42. The number of carboxylic acid groups (broad SMARTS) is 1. The van der Waals surface area contributed by atoms with Gasteiger partial charge in [-0.2, -0.15) is 0 Å². The summed E-state index contributed by atoms with van der Waals surface area (Å²) in [6, 6.07) is 16.3. The minimum absolute atomic E-state index is 0. The molecule has 0 aliphatic heterocycles. The SMILES string of the molecule is O=C([O-])c1cc(=O)c2cc(-c3ccccc3)ccc2s1.[Na+]. The molecule has 5 heteroatoms. The second kappa shape index (κ2) is 6.54. The fourth-order valence-corrected chi connectivity index (χ4v) is 2.96. The Kier molecular flexibility index (Phi) is 4.96. The van der Waals surface area contributed by atoms with Crippen LogP contribution in [0.2, 0.25) is 0 Å². The summed E-state index contributed by atoms with van der Waals surface area (Å²) in [4.78, 5) is 22.8. The molecule has 0 aliphatic carbocycles. The summed E-state index contributed by atoms with van der Waals surface area (Å²) in [5.41, 5.74) is 1.65. The van der Waals surface area contributed by atoms with Crippen LogP contribution >= 0.6 is 11.3 Å². The first-order valence-electron chi connectivity index (χ1n) is 6.00. The molecular weight excluding hydrogens is 295 g/mol. The third-order valence-corrected chi connectivity index (χ3v) is 4.12. The van der Waals surface area contributed by atoms with E-state index >= 15 is 0 Å². The van der Waals surface area contributed by atoms with Crippen molar-refractivity contribution < 1.29 is 39.5 Å². The van der Waals surface area contributed by atoms with Crippen LogP contribution in [-0.2, 0) is 0 Å². The second-order valence-electron chi connectivity index (χ2n) is 4.34. The van der Waals surface area contributed by atoms with Crippen LogP contribution in [0.5, 0.6) is 0 Å². The molecule has 0 radical (unpaired) electrons. The number of aromatic carboxylic acids is 1. The molecule has 0 N–H and O–H groups in total. The smallest absolute Gasteiger partial charge is 0.544 e. The van der Waals surface area contributed by atoms with Crippen LogP contribution in [0.15, 0.2) is 59.4 Å². The van der Waals surface area contributed by atoms with Crippen molar-refractivity contribution in [2.24, 2.45) is 0 Å². The van der Waals surface area contributed by atoms with Crippen LogP contribution in [0.4, 0.5) is 0 Å². The molecule has 3 rings (SSSR count). The van der Waals surface area contributed by atoms with E-state index in [0.29, 0.717) is 10.1 Å². The normalized spacial score (nSPS) is 10.1. The van der Waals surface area contributed by atoms with E-state index in [1.807, 2.05) is 36.4 Å². The number of benzene rings is 2. The van der Waals surface area contributed by atoms with E-state index in [0.717, 1.165) is 28.5 Å². The van der Waals surface area contributed by atoms with Crippen LogP contribution in [0.1, 0.15) is 9.67 Å². The van der Waals surface area contributed by atoms with Crippen LogP contribution < -0.4 is 40.1 Å². The van der Waals surface area contributed by atoms with E-state index in [1.165, 1.54) is 0 Å². The van der Waals surface area contributed by atoms with Gasteiger partial charge in [0.05, 0.1) is 10.8 Å². The standard InChI is InChI=1S/C16H10O3S.Na/c17-13-9-15(16(18)19)20-14-7-6-11(8-12(13)14)10-4-2-1-3-5-10;/h1-9H,(H,18,19);/q;+1/p-1. The molecule has 2 aromatic carbocycles. The molecule has 1 aromatic heterocycles. The molecule has 3 nitrogen and oxygen atoms in total. The first-order valence-corrected chi connectivity index (χ1v) is 6.81. The summed E-state index contributed by atoms with van der Waals surface area (Å²) in [5, 5.41) is 11.4. The van der Waals surface area contributed by atoms with E-state index < -0.39 is 5.97 Å². The van der Waals surface area contributed by atoms with Gasteiger partial charge in [-0.05, 0) is 23.3 Å². The molecule has 98 valence electrons. The Balaban J connectivity index is 0.00000161. The molecule has 0 aliphatic rings. The van der Waals surface area contributed by atoms with Crippen LogP contribution in [0.3, 0.4) is 0 Å². The maximum atomic E-state index is 12.0. The van der Waals surface area contributed by atoms with Crippen LogP contribution in [0, 0.1) is 0 Å². The average Bonchev–Trinajstić information content (AvgIpc) is 2.47. The van der Waals surface area contributed by atoms with E-state index in [2.05, 4.69) is 0 Å². The Morgan fingerprint density at radius 3 is 2.33 bits per heavy atom. The molecule has 21 heavy (non-hydrogen) atoms. The topological polar surface area (TPSA) is 57.2 Å². The fraction of sp³-hybridized carbons (Fsp3) is 0. The molecule has 0 bridgehead atoms. The van der Waals surface area contributed by atoms with Gasteiger partial charge >= 0.3 is 29.6 Å². The molecule has 0 fully saturated rings. The summed E-state index contributed by atoms with van der Waals surface area (Å²) < 4.78 is 0.649. The minimum atomic E-state index is -1.32. The van der Waals surface area contributed by atoms with Crippen molar-refractivity contribution in [1.29, 1.82) is 0 Å². The van der Waals surface area contributed by atoms with Crippen molar-refractivity contribution >= 4 is 27.4 Å². The zero-order valence-corrected chi connectivity index (χ0v) is 14.1. The Morgan fingerprint density at radius 1 is 0.952 bits per heavy atom. The van der Waals surface area contributed by atoms with E-state index in [4.69, 9.17) is 0 Å². The van der Waals surface area contributed by atoms with Crippen molar-refractivity contribution in [3.05, 3.63) is 69.7 Å². The average molecular weight is 304 g/mol. The first kappa shape index (κ1) is 15.9. The Bertz CT molecular complexity index is 856. The Morgan fingerprint density at radius 2 is 1.67 bits per heavy atom. The number of hydrogen-bond acceptors (Lipinski definition) is 4. The predicted octanol–water partition coefficient (Wildman–Crippen LogP) is -0.704. The Labute approximate surface area is 147 Å². The van der Waals surface area contributed by atoms with Gasteiger partial charge in [0.15, 0.2) is 5.43 Å². The summed E-state index contributed by atoms with van der Waals surface area (Å²) in [6.45, 7) is 0.